The van der Waals surface area contributed by atoms with Crippen molar-refractivity contribution in [1.82, 2.24) is 4.90 Å². The molecular formula is C19H21NO6. The molecule has 1 saturated heterocycles. The van der Waals surface area contributed by atoms with Gasteiger partial charge in [0, 0.05) is 19.2 Å². The molecular weight excluding hydrogens is 338 g/mol. The van der Waals surface area contributed by atoms with E-state index in [9.17, 15) is 14.4 Å². The number of nitrogens with zero attached hydrogens (tertiary/aromatic N) is 1. The maximum atomic E-state index is 12.2. The lowest BCUT2D eigenvalue weighted by Crippen LogP contribution is -2.49. The van der Waals surface area contributed by atoms with E-state index in [1.807, 2.05) is 20.8 Å². The topological polar surface area (TPSA) is 86.1 Å². The van der Waals surface area contributed by atoms with Crippen molar-refractivity contribution >= 4 is 22.8 Å². The summed E-state index contributed by atoms with van der Waals surface area (Å²) < 4.78 is 16.1. The fourth-order valence-corrected chi connectivity index (χ4v) is 3.04. The van der Waals surface area contributed by atoms with Gasteiger partial charge in [0.1, 0.15) is 5.58 Å². The number of amides is 1. The monoisotopic (exact) mass is 359 g/mol. The molecule has 1 aromatic carbocycles. The van der Waals surface area contributed by atoms with Gasteiger partial charge in [0.15, 0.2) is 12.0 Å². The van der Waals surface area contributed by atoms with Crippen LogP contribution in [0.3, 0.4) is 0 Å². The first-order valence-corrected chi connectivity index (χ1v) is 8.48. The van der Waals surface area contributed by atoms with E-state index in [1.165, 1.54) is 0 Å². The summed E-state index contributed by atoms with van der Waals surface area (Å²) in [5, 5.41) is 0.397. The maximum absolute atomic E-state index is 12.2. The molecule has 0 spiro atoms. The van der Waals surface area contributed by atoms with Gasteiger partial charge in [0.25, 0.3) is 5.91 Å². The van der Waals surface area contributed by atoms with Gasteiger partial charge >= 0.3 is 5.97 Å². The molecule has 0 unspecified atom stereocenters. The summed E-state index contributed by atoms with van der Waals surface area (Å²) >= 11 is 0. The van der Waals surface area contributed by atoms with E-state index in [-0.39, 0.29) is 29.3 Å². The van der Waals surface area contributed by atoms with Gasteiger partial charge in [0.05, 0.1) is 17.6 Å². The largest absolute Gasteiger partial charge is 0.450 e. The molecule has 0 aliphatic carbocycles. The lowest BCUT2D eigenvalue weighted by molar-refractivity contribution is -0.146. The van der Waals surface area contributed by atoms with Crippen LogP contribution in [-0.4, -0.2) is 48.7 Å². The predicted octanol–water partition coefficient (Wildman–Crippen LogP) is 1.89. The minimum atomic E-state index is -0.840. The van der Waals surface area contributed by atoms with Crippen molar-refractivity contribution in [3.8, 4) is 0 Å². The summed E-state index contributed by atoms with van der Waals surface area (Å²) in [4.78, 5) is 38.2. The molecule has 2 atom stereocenters. The summed E-state index contributed by atoms with van der Waals surface area (Å²) in [5.41, 5.74) is 0.890. The number of hydrogen-bond donors (Lipinski definition) is 0. The number of carbonyl (C=O) groups is 2. The summed E-state index contributed by atoms with van der Waals surface area (Å²) in [5.74, 6) is -1.37. The van der Waals surface area contributed by atoms with Crippen molar-refractivity contribution < 1.29 is 23.5 Å². The Morgan fingerprint density at radius 2 is 1.88 bits per heavy atom. The van der Waals surface area contributed by atoms with Crippen molar-refractivity contribution in [2.75, 3.05) is 19.7 Å². The van der Waals surface area contributed by atoms with E-state index < -0.39 is 12.6 Å². The molecule has 1 aromatic heterocycles. The Labute approximate surface area is 150 Å². The summed E-state index contributed by atoms with van der Waals surface area (Å²) in [6.45, 7) is 6.12. The highest BCUT2D eigenvalue weighted by atomic mass is 16.5. The van der Waals surface area contributed by atoms with Crippen LogP contribution in [0.5, 0.6) is 0 Å². The number of benzene rings is 1. The van der Waals surface area contributed by atoms with Crippen molar-refractivity contribution in [1.29, 1.82) is 0 Å². The number of carbonyl (C=O) groups excluding carboxylic acids is 2. The SMILES string of the molecule is Cc1ccc2oc(C(=O)OCC(=O)N3C[C@H](C)O[C@@H](C)C3)cc(=O)c2c1. The van der Waals surface area contributed by atoms with Crippen LogP contribution in [0.1, 0.15) is 30.0 Å². The zero-order chi connectivity index (χ0) is 18.8. The van der Waals surface area contributed by atoms with E-state index in [1.54, 1.807) is 23.1 Å². The third-order valence-corrected chi connectivity index (χ3v) is 4.18. The first-order chi connectivity index (χ1) is 12.3. The van der Waals surface area contributed by atoms with Crippen LogP contribution in [0.15, 0.2) is 33.5 Å². The Hall–Kier alpha value is -2.67. The van der Waals surface area contributed by atoms with Crippen LogP contribution in [0.25, 0.3) is 11.0 Å². The molecule has 1 amide bonds. The van der Waals surface area contributed by atoms with Crippen LogP contribution in [-0.2, 0) is 14.3 Å². The predicted molar refractivity (Wildman–Crippen MR) is 94.1 cm³/mol. The van der Waals surface area contributed by atoms with Crippen molar-refractivity contribution in [2.45, 2.75) is 33.0 Å². The van der Waals surface area contributed by atoms with Gasteiger partial charge in [-0.3, -0.25) is 9.59 Å². The molecule has 138 valence electrons. The van der Waals surface area contributed by atoms with Crippen LogP contribution in [0.4, 0.5) is 0 Å². The number of aryl methyl sites for hydroxylation is 1. The lowest BCUT2D eigenvalue weighted by atomic mass is 10.1. The van der Waals surface area contributed by atoms with Gasteiger partial charge < -0.3 is 18.8 Å². The third kappa shape index (κ3) is 3.94. The summed E-state index contributed by atoms with van der Waals surface area (Å²) in [6, 6.07) is 6.20. The molecule has 26 heavy (non-hydrogen) atoms. The van der Waals surface area contributed by atoms with Gasteiger partial charge in [-0.15, -0.1) is 0 Å². The fourth-order valence-electron chi connectivity index (χ4n) is 3.04. The summed E-state index contributed by atoms with van der Waals surface area (Å²) in [6.07, 6.45) is -0.138. The number of hydrogen-bond acceptors (Lipinski definition) is 6. The van der Waals surface area contributed by atoms with E-state index >= 15 is 0 Å². The van der Waals surface area contributed by atoms with Crippen LogP contribution in [0.2, 0.25) is 0 Å². The number of rotatable bonds is 3. The Morgan fingerprint density at radius 3 is 2.58 bits per heavy atom. The second-order valence-corrected chi connectivity index (χ2v) is 6.61. The Kier molecular flexibility index (Phi) is 5.08. The van der Waals surface area contributed by atoms with E-state index in [4.69, 9.17) is 13.9 Å². The maximum Gasteiger partial charge on any atom is 0.374 e. The number of fused-ring (bicyclic) bond motifs is 1. The molecule has 1 fully saturated rings. The smallest absolute Gasteiger partial charge is 0.374 e. The number of esters is 1. The molecule has 2 heterocycles. The molecule has 0 N–H and O–H groups in total. The third-order valence-electron chi connectivity index (χ3n) is 4.18. The zero-order valence-corrected chi connectivity index (χ0v) is 15.0. The van der Waals surface area contributed by atoms with Gasteiger partial charge in [-0.25, -0.2) is 4.79 Å². The van der Waals surface area contributed by atoms with Crippen molar-refractivity contribution in [3.05, 3.63) is 45.8 Å². The summed E-state index contributed by atoms with van der Waals surface area (Å²) in [7, 11) is 0. The average Bonchev–Trinajstić information content (AvgIpc) is 2.59. The molecule has 0 radical (unpaired) electrons. The first-order valence-electron chi connectivity index (χ1n) is 8.48. The van der Waals surface area contributed by atoms with Gasteiger partial charge in [0.2, 0.25) is 5.76 Å². The van der Waals surface area contributed by atoms with Crippen molar-refractivity contribution in [3.63, 3.8) is 0 Å². The highest BCUT2D eigenvalue weighted by Crippen LogP contribution is 2.15. The van der Waals surface area contributed by atoms with E-state index in [0.29, 0.717) is 24.1 Å². The van der Waals surface area contributed by atoms with Gasteiger partial charge in [-0.2, -0.15) is 0 Å². The molecule has 7 nitrogen and oxygen atoms in total. The quantitative estimate of drug-likeness (QED) is 0.778. The van der Waals surface area contributed by atoms with Gasteiger partial charge in [-0.1, -0.05) is 11.6 Å². The lowest BCUT2D eigenvalue weighted by Gasteiger charge is -2.35. The highest BCUT2D eigenvalue weighted by molar-refractivity contribution is 5.90. The van der Waals surface area contributed by atoms with Crippen molar-refractivity contribution in [2.24, 2.45) is 0 Å². The Morgan fingerprint density at radius 1 is 1.19 bits per heavy atom. The standard InChI is InChI=1S/C19H21NO6/c1-11-4-5-16-14(6-11)15(21)7-17(26-16)19(23)24-10-18(22)20-8-12(2)25-13(3)9-20/h4-7,12-13H,8-10H2,1-3H3/t12-,13-/m0/s1. The Balaban J connectivity index is 1.68. The number of ether oxygens (including phenoxy) is 2. The molecule has 7 heteroatoms. The second kappa shape index (κ2) is 7.29. The minimum absolute atomic E-state index is 0.0691. The molecule has 0 saturated carbocycles. The molecule has 3 rings (SSSR count). The second-order valence-electron chi connectivity index (χ2n) is 6.61. The fraction of sp³-hybridized carbons (Fsp3) is 0.421. The zero-order valence-electron chi connectivity index (χ0n) is 15.0. The number of morpholine rings is 1. The minimum Gasteiger partial charge on any atom is -0.450 e. The van der Waals surface area contributed by atoms with Gasteiger partial charge in [-0.05, 0) is 32.9 Å². The van der Waals surface area contributed by atoms with Crippen LogP contribution < -0.4 is 5.43 Å². The normalized spacial score (nSPS) is 20.2. The molecule has 1 aliphatic heterocycles. The van der Waals surface area contributed by atoms with Crippen LogP contribution in [0, 0.1) is 6.92 Å². The highest BCUT2D eigenvalue weighted by Gasteiger charge is 2.26. The van der Waals surface area contributed by atoms with E-state index in [0.717, 1.165) is 11.6 Å². The average molecular weight is 359 g/mol. The molecule has 2 aromatic rings. The molecule has 1 aliphatic rings. The van der Waals surface area contributed by atoms with Crippen LogP contribution >= 0.6 is 0 Å². The van der Waals surface area contributed by atoms with E-state index in [2.05, 4.69) is 0 Å². The first kappa shape index (κ1) is 18.1. The Bertz CT molecular complexity index is 893. The molecule has 0 bridgehead atoms.